The van der Waals surface area contributed by atoms with Crippen molar-refractivity contribution in [1.29, 1.82) is 0 Å². The number of H-pyrrole nitrogens is 1. The summed E-state index contributed by atoms with van der Waals surface area (Å²) in [4.78, 5) is 15.8. The molecule has 1 aromatic carbocycles. The molecule has 7 nitrogen and oxygen atoms in total. The summed E-state index contributed by atoms with van der Waals surface area (Å²) in [5, 5.41) is 13.8. The molecule has 0 saturated carbocycles. The van der Waals surface area contributed by atoms with E-state index in [1.54, 1.807) is 24.4 Å². The van der Waals surface area contributed by atoms with Gasteiger partial charge in [0.15, 0.2) is 0 Å². The summed E-state index contributed by atoms with van der Waals surface area (Å²) >= 11 is 11.9. The maximum atomic E-state index is 12.0. The second-order valence-electron chi connectivity index (χ2n) is 4.06. The number of nitrogens with zero attached hydrogens (tertiary/aromatic N) is 4. The summed E-state index contributed by atoms with van der Waals surface area (Å²) in [5.74, 6) is -0.0969. The fraction of sp³-hybridized carbons (Fsp3) is 0. The highest BCUT2D eigenvalue weighted by molar-refractivity contribution is 6.35. The largest absolute Gasteiger partial charge is 0.291 e. The molecule has 0 unspecified atom stereocenters. The lowest BCUT2D eigenvalue weighted by atomic mass is 10.3. The monoisotopic (exact) mass is 322 g/mol. The van der Waals surface area contributed by atoms with Crippen LogP contribution in [0.4, 0.5) is 5.95 Å². The first-order chi connectivity index (χ1) is 10.1. The zero-order chi connectivity index (χ0) is 14.8. The summed E-state index contributed by atoms with van der Waals surface area (Å²) in [6, 6.07) is 5.02. The Balaban J connectivity index is 1.84. The van der Waals surface area contributed by atoms with E-state index in [2.05, 4.69) is 25.6 Å². The molecule has 0 aliphatic rings. The van der Waals surface area contributed by atoms with Gasteiger partial charge in [-0.15, -0.1) is 0 Å². The van der Waals surface area contributed by atoms with Gasteiger partial charge < -0.3 is 0 Å². The van der Waals surface area contributed by atoms with Gasteiger partial charge in [-0.3, -0.25) is 10.1 Å². The minimum Gasteiger partial charge on any atom is -0.291 e. The molecule has 3 rings (SSSR count). The average Bonchev–Trinajstić information content (AvgIpc) is 3.09. The Kier molecular flexibility index (Phi) is 3.59. The van der Waals surface area contributed by atoms with Gasteiger partial charge in [-0.05, 0) is 18.2 Å². The lowest BCUT2D eigenvalue weighted by Crippen LogP contribution is -2.12. The Morgan fingerprint density at radius 1 is 1.33 bits per heavy atom. The Morgan fingerprint density at radius 3 is 2.90 bits per heavy atom. The van der Waals surface area contributed by atoms with Gasteiger partial charge in [0, 0.05) is 11.2 Å². The van der Waals surface area contributed by atoms with Gasteiger partial charge in [0.2, 0.25) is 5.95 Å². The van der Waals surface area contributed by atoms with Gasteiger partial charge in [0.1, 0.15) is 6.33 Å². The van der Waals surface area contributed by atoms with Gasteiger partial charge in [-0.1, -0.05) is 23.2 Å². The van der Waals surface area contributed by atoms with Gasteiger partial charge >= 0.3 is 0 Å². The molecule has 2 aromatic heterocycles. The van der Waals surface area contributed by atoms with E-state index in [4.69, 9.17) is 23.2 Å². The molecular weight excluding hydrogens is 315 g/mol. The molecular formula is C12H8Cl2N6O. The highest BCUT2D eigenvalue weighted by Gasteiger charge is 2.12. The topological polar surface area (TPSA) is 88.5 Å². The molecule has 1 amide bonds. The van der Waals surface area contributed by atoms with E-state index in [1.807, 2.05) is 0 Å². The molecule has 0 aliphatic carbocycles. The SMILES string of the molecule is O=C(Nc1ncn[nH]1)c1cnn(-c2ccc(Cl)cc2Cl)c1. The first kappa shape index (κ1) is 13.6. The highest BCUT2D eigenvalue weighted by Crippen LogP contribution is 2.24. The van der Waals surface area contributed by atoms with Crippen molar-refractivity contribution in [3.63, 3.8) is 0 Å². The maximum Gasteiger partial charge on any atom is 0.261 e. The van der Waals surface area contributed by atoms with Crippen LogP contribution in [0.15, 0.2) is 36.9 Å². The zero-order valence-electron chi connectivity index (χ0n) is 10.4. The number of anilines is 1. The number of carbonyl (C=O) groups excluding carboxylic acids is 1. The van der Waals surface area contributed by atoms with Crippen LogP contribution in [0.2, 0.25) is 10.0 Å². The van der Waals surface area contributed by atoms with Crippen LogP contribution in [0.3, 0.4) is 0 Å². The smallest absolute Gasteiger partial charge is 0.261 e. The van der Waals surface area contributed by atoms with E-state index in [1.165, 1.54) is 17.2 Å². The predicted octanol–water partition coefficient (Wildman–Crippen LogP) is 2.55. The van der Waals surface area contributed by atoms with Crippen molar-refractivity contribution >= 4 is 35.1 Å². The van der Waals surface area contributed by atoms with Crippen LogP contribution >= 0.6 is 23.2 Å². The number of halogens is 2. The number of aromatic amines is 1. The third-order valence-corrected chi connectivity index (χ3v) is 3.19. The Labute approximate surface area is 128 Å². The zero-order valence-corrected chi connectivity index (χ0v) is 11.9. The molecule has 2 N–H and O–H groups in total. The van der Waals surface area contributed by atoms with Crippen LogP contribution in [0.5, 0.6) is 0 Å². The summed E-state index contributed by atoms with van der Waals surface area (Å²) in [6.07, 6.45) is 4.28. The van der Waals surface area contributed by atoms with E-state index in [0.29, 0.717) is 21.3 Å². The Bertz CT molecular complexity index is 783. The number of aromatic nitrogens is 5. The summed E-state index contributed by atoms with van der Waals surface area (Å²) in [6.45, 7) is 0. The second-order valence-corrected chi connectivity index (χ2v) is 4.90. The predicted molar refractivity (Wildman–Crippen MR) is 77.9 cm³/mol. The van der Waals surface area contributed by atoms with Gasteiger partial charge in [-0.25, -0.2) is 9.78 Å². The number of hydrogen-bond donors (Lipinski definition) is 2. The van der Waals surface area contributed by atoms with Crippen LogP contribution in [0.1, 0.15) is 10.4 Å². The summed E-state index contributed by atoms with van der Waals surface area (Å²) in [7, 11) is 0. The Morgan fingerprint density at radius 2 is 2.19 bits per heavy atom. The molecule has 0 spiro atoms. The lowest BCUT2D eigenvalue weighted by molar-refractivity contribution is 0.102. The molecule has 0 radical (unpaired) electrons. The molecule has 9 heteroatoms. The number of hydrogen-bond acceptors (Lipinski definition) is 4. The van der Waals surface area contributed by atoms with Crippen molar-refractivity contribution in [1.82, 2.24) is 25.0 Å². The van der Waals surface area contributed by atoms with Crippen molar-refractivity contribution in [3.05, 3.63) is 52.5 Å². The van der Waals surface area contributed by atoms with E-state index in [9.17, 15) is 4.79 Å². The minimum atomic E-state index is -0.358. The molecule has 106 valence electrons. The molecule has 0 fully saturated rings. The molecule has 0 bridgehead atoms. The normalized spacial score (nSPS) is 10.6. The Hall–Kier alpha value is -2.38. The van der Waals surface area contributed by atoms with Gasteiger partial charge in [-0.2, -0.15) is 15.2 Å². The minimum absolute atomic E-state index is 0.261. The van der Waals surface area contributed by atoms with Crippen LogP contribution in [-0.2, 0) is 0 Å². The fourth-order valence-corrected chi connectivity index (χ4v) is 2.18. The van der Waals surface area contributed by atoms with Gasteiger partial charge in [0.05, 0.1) is 22.5 Å². The average molecular weight is 323 g/mol. The van der Waals surface area contributed by atoms with Crippen LogP contribution in [-0.4, -0.2) is 30.9 Å². The van der Waals surface area contributed by atoms with Gasteiger partial charge in [0.25, 0.3) is 5.91 Å². The third-order valence-electron chi connectivity index (χ3n) is 2.65. The molecule has 0 saturated heterocycles. The maximum absolute atomic E-state index is 12.0. The van der Waals surface area contributed by atoms with E-state index < -0.39 is 0 Å². The molecule has 3 aromatic rings. The van der Waals surface area contributed by atoms with Crippen molar-refractivity contribution in [2.75, 3.05) is 5.32 Å². The summed E-state index contributed by atoms with van der Waals surface area (Å²) in [5.41, 5.74) is 0.984. The van der Waals surface area contributed by atoms with Crippen molar-refractivity contribution < 1.29 is 4.79 Å². The number of carbonyl (C=O) groups is 1. The lowest BCUT2D eigenvalue weighted by Gasteiger charge is -2.04. The van der Waals surface area contributed by atoms with Crippen LogP contribution in [0.25, 0.3) is 5.69 Å². The first-order valence-corrected chi connectivity index (χ1v) is 6.56. The molecule has 0 atom stereocenters. The third kappa shape index (κ3) is 2.88. The highest BCUT2D eigenvalue weighted by atomic mass is 35.5. The molecule has 21 heavy (non-hydrogen) atoms. The van der Waals surface area contributed by atoms with Crippen molar-refractivity contribution in [2.24, 2.45) is 0 Å². The second kappa shape index (κ2) is 5.55. The number of amides is 1. The van der Waals surface area contributed by atoms with E-state index in [-0.39, 0.29) is 11.9 Å². The molecule has 0 aliphatic heterocycles. The fourth-order valence-electron chi connectivity index (χ4n) is 1.68. The van der Waals surface area contributed by atoms with E-state index >= 15 is 0 Å². The first-order valence-electron chi connectivity index (χ1n) is 5.80. The van der Waals surface area contributed by atoms with Crippen LogP contribution < -0.4 is 5.32 Å². The standard InChI is InChI=1S/C12H8Cl2N6O/c13-8-1-2-10(9(14)3-8)20-5-7(4-17-20)11(21)18-12-15-6-16-19-12/h1-6H,(H2,15,16,18,19,21). The van der Waals surface area contributed by atoms with Crippen LogP contribution in [0, 0.1) is 0 Å². The number of benzene rings is 1. The van der Waals surface area contributed by atoms with Crippen molar-refractivity contribution in [2.45, 2.75) is 0 Å². The quantitative estimate of drug-likeness (QED) is 0.775. The number of rotatable bonds is 3. The van der Waals surface area contributed by atoms with E-state index in [0.717, 1.165) is 0 Å². The number of nitrogens with one attached hydrogen (secondary N) is 2. The molecule has 2 heterocycles. The van der Waals surface area contributed by atoms with Crippen molar-refractivity contribution in [3.8, 4) is 5.69 Å². The summed E-state index contributed by atoms with van der Waals surface area (Å²) < 4.78 is 1.49.